The number of hydrogen-bond donors (Lipinski definition) is 1. The standard InChI is InChI=1S/C19H27N3O/c1-14-18(15(2)21-20-14)13-22-10-9-19(23-3)17(12-22)11-16-7-5-4-6-8-16/h4-8,17,19H,9-13H2,1-3H3,(H,20,21)/t17-,19+/m1/s1. The third kappa shape index (κ3) is 3.82. The van der Waals surface area contributed by atoms with Crippen LogP contribution < -0.4 is 0 Å². The minimum Gasteiger partial charge on any atom is -0.381 e. The molecule has 2 heterocycles. The predicted octanol–water partition coefficient (Wildman–Crippen LogP) is 3.11. The molecule has 4 nitrogen and oxygen atoms in total. The molecule has 2 atom stereocenters. The van der Waals surface area contributed by atoms with E-state index in [2.05, 4.69) is 59.3 Å². The van der Waals surface area contributed by atoms with Crippen LogP contribution in [-0.4, -0.2) is 41.4 Å². The lowest BCUT2D eigenvalue weighted by Crippen LogP contribution is -2.44. The Labute approximate surface area is 138 Å². The van der Waals surface area contributed by atoms with Crippen molar-refractivity contribution in [3.8, 4) is 0 Å². The van der Waals surface area contributed by atoms with Gasteiger partial charge in [0.15, 0.2) is 0 Å². The molecule has 1 aliphatic heterocycles. The molecular formula is C19H27N3O. The van der Waals surface area contributed by atoms with Crippen LogP contribution in [0.1, 0.15) is 28.9 Å². The van der Waals surface area contributed by atoms with Gasteiger partial charge in [0.2, 0.25) is 0 Å². The molecule has 1 aromatic heterocycles. The van der Waals surface area contributed by atoms with Crippen molar-refractivity contribution in [1.29, 1.82) is 0 Å². The number of aromatic nitrogens is 2. The summed E-state index contributed by atoms with van der Waals surface area (Å²) in [5.74, 6) is 0.545. The Bertz CT molecular complexity index is 603. The molecule has 3 rings (SSSR count). The molecule has 0 aliphatic carbocycles. The van der Waals surface area contributed by atoms with Crippen molar-refractivity contribution < 1.29 is 4.74 Å². The number of likely N-dealkylation sites (tertiary alicyclic amines) is 1. The molecule has 1 aromatic carbocycles. The SMILES string of the molecule is CO[C@H]1CCN(Cc2c(C)n[nH]c2C)C[C@H]1Cc1ccccc1. The van der Waals surface area contributed by atoms with Crippen molar-refractivity contribution in [2.24, 2.45) is 5.92 Å². The van der Waals surface area contributed by atoms with Gasteiger partial charge in [0.05, 0.1) is 11.8 Å². The first-order chi connectivity index (χ1) is 11.2. The lowest BCUT2D eigenvalue weighted by atomic mass is 9.88. The highest BCUT2D eigenvalue weighted by Crippen LogP contribution is 2.25. The van der Waals surface area contributed by atoms with E-state index in [0.29, 0.717) is 12.0 Å². The van der Waals surface area contributed by atoms with Crippen LogP contribution in [-0.2, 0) is 17.7 Å². The normalized spacial score (nSPS) is 22.4. The molecule has 23 heavy (non-hydrogen) atoms. The number of hydrogen-bond acceptors (Lipinski definition) is 3. The van der Waals surface area contributed by atoms with Crippen LogP contribution in [0.5, 0.6) is 0 Å². The Morgan fingerprint density at radius 2 is 2.04 bits per heavy atom. The zero-order valence-electron chi connectivity index (χ0n) is 14.4. The van der Waals surface area contributed by atoms with E-state index in [4.69, 9.17) is 4.74 Å². The van der Waals surface area contributed by atoms with Gasteiger partial charge in [-0.05, 0) is 32.3 Å². The van der Waals surface area contributed by atoms with E-state index in [1.165, 1.54) is 16.8 Å². The summed E-state index contributed by atoms with van der Waals surface area (Å²) >= 11 is 0. The smallest absolute Gasteiger partial charge is 0.0639 e. The third-order valence-corrected chi connectivity index (χ3v) is 5.05. The zero-order valence-corrected chi connectivity index (χ0v) is 14.4. The van der Waals surface area contributed by atoms with Gasteiger partial charge in [0.25, 0.3) is 0 Å². The molecule has 124 valence electrons. The van der Waals surface area contributed by atoms with Crippen molar-refractivity contribution in [2.75, 3.05) is 20.2 Å². The van der Waals surface area contributed by atoms with E-state index >= 15 is 0 Å². The second-order valence-electron chi connectivity index (χ2n) is 6.66. The van der Waals surface area contributed by atoms with Crippen LogP contribution in [0.4, 0.5) is 0 Å². The van der Waals surface area contributed by atoms with E-state index in [0.717, 1.165) is 38.2 Å². The van der Waals surface area contributed by atoms with Gasteiger partial charge in [0, 0.05) is 43.9 Å². The van der Waals surface area contributed by atoms with E-state index in [-0.39, 0.29) is 0 Å². The molecule has 0 radical (unpaired) electrons. The van der Waals surface area contributed by atoms with Gasteiger partial charge in [0.1, 0.15) is 0 Å². The topological polar surface area (TPSA) is 41.1 Å². The van der Waals surface area contributed by atoms with Gasteiger partial charge in [-0.25, -0.2) is 0 Å². The minimum atomic E-state index is 0.359. The van der Waals surface area contributed by atoms with Crippen molar-refractivity contribution in [3.63, 3.8) is 0 Å². The Morgan fingerprint density at radius 3 is 2.70 bits per heavy atom. The van der Waals surface area contributed by atoms with Crippen molar-refractivity contribution in [2.45, 2.75) is 39.3 Å². The van der Waals surface area contributed by atoms with Crippen LogP contribution in [0.3, 0.4) is 0 Å². The molecule has 1 fully saturated rings. The number of nitrogens with zero attached hydrogens (tertiary/aromatic N) is 2. The number of piperidine rings is 1. The number of H-pyrrole nitrogens is 1. The maximum absolute atomic E-state index is 5.76. The van der Waals surface area contributed by atoms with Crippen LogP contribution in [0, 0.1) is 19.8 Å². The fourth-order valence-electron chi connectivity index (χ4n) is 3.68. The van der Waals surface area contributed by atoms with Gasteiger partial charge >= 0.3 is 0 Å². The summed E-state index contributed by atoms with van der Waals surface area (Å²) in [6.45, 7) is 7.35. The molecule has 0 unspecified atom stereocenters. The quantitative estimate of drug-likeness (QED) is 0.922. The predicted molar refractivity (Wildman–Crippen MR) is 92.4 cm³/mol. The average molecular weight is 313 g/mol. The molecule has 4 heteroatoms. The zero-order chi connectivity index (χ0) is 16.2. The number of aryl methyl sites for hydroxylation is 2. The number of nitrogens with one attached hydrogen (secondary N) is 1. The first-order valence-electron chi connectivity index (χ1n) is 8.47. The summed E-state index contributed by atoms with van der Waals surface area (Å²) in [5, 5.41) is 7.42. The highest BCUT2D eigenvalue weighted by Gasteiger charge is 2.29. The average Bonchev–Trinajstić information content (AvgIpc) is 2.88. The van der Waals surface area contributed by atoms with Gasteiger partial charge in [-0.3, -0.25) is 10.00 Å². The second-order valence-corrected chi connectivity index (χ2v) is 6.66. The Kier molecular flexibility index (Phi) is 5.13. The molecular weight excluding hydrogens is 286 g/mol. The Hall–Kier alpha value is -1.65. The fourth-order valence-corrected chi connectivity index (χ4v) is 3.68. The molecule has 2 aromatic rings. The summed E-state index contributed by atoms with van der Waals surface area (Å²) < 4.78 is 5.76. The summed E-state index contributed by atoms with van der Waals surface area (Å²) in [5.41, 5.74) is 5.06. The number of methoxy groups -OCH3 is 1. The van der Waals surface area contributed by atoms with Gasteiger partial charge in [-0.15, -0.1) is 0 Å². The van der Waals surface area contributed by atoms with Crippen LogP contribution in [0.2, 0.25) is 0 Å². The van der Waals surface area contributed by atoms with Gasteiger partial charge < -0.3 is 4.74 Å². The highest BCUT2D eigenvalue weighted by atomic mass is 16.5. The van der Waals surface area contributed by atoms with Crippen molar-refractivity contribution in [3.05, 3.63) is 52.8 Å². The fraction of sp³-hybridized carbons (Fsp3) is 0.526. The van der Waals surface area contributed by atoms with E-state index in [1.807, 2.05) is 7.11 Å². The van der Waals surface area contributed by atoms with Crippen LogP contribution in [0.15, 0.2) is 30.3 Å². The lowest BCUT2D eigenvalue weighted by molar-refractivity contribution is -0.00856. The number of rotatable bonds is 5. The third-order valence-electron chi connectivity index (χ3n) is 5.05. The van der Waals surface area contributed by atoms with Gasteiger partial charge in [-0.2, -0.15) is 5.10 Å². The maximum Gasteiger partial charge on any atom is 0.0639 e. The van der Waals surface area contributed by atoms with Crippen LogP contribution in [0.25, 0.3) is 0 Å². The monoisotopic (exact) mass is 313 g/mol. The molecule has 0 spiro atoms. The number of benzene rings is 1. The lowest BCUT2D eigenvalue weighted by Gasteiger charge is -2.38. The maximum atomic E-state index is 5.76. The van der Waals surface area contributed by atoms with Crippen molar-refractivity contribution in [1.82, 2.24) is 15.1 Å². The molecule has 1 aliphatic rings. The second kappa shape index (κ2) is 7.28. The van der Waals surface area contributed by atoms with Gasteiger partial charge in [-0.1, -0.05) is 30.3 Å². The first kappa shape index (κ1) is 16.2. The molecule has 0 saturated carbocycles. The molecule has 1 saturated heterocycles. The Morgan fingerprint density at radius 1 is 1.26 bits per heavy atom. The molecule has 0 bridgehead atoms. The van der Waals surface area contributed by atoms with Crippen LogP contribution >= 0.6 is 0 Å². The summed E-state index contributed by atoms with van der Waals surface area (Å²) in [7, 11) is 1.85. The Balaban J connectivity index is 1.68. The first-order valence-corrected chi connectivity index (χ1v) is 8.47. The highest BCUT2D eigenvalue weighted by molar-refractivity contribution is 5.23. The molecule has 1 N–H and O–H groups in total. The van der Waals surface area contributed by atoms with E-state index in [9.17, 15) is 0 Å². The summed E-state index contributed by atoms with van der Waals surface area (Å²) in [4.78, 5) is 2.55. The number of aromatic amines is 1. The summed E-state index contributed by atoms with van der Waals surface area (Å²) in [6.07, 6.45) is 2.54. The van der Waals surface area contributed by atoms with E-state index in [1.54, 1.807) is 0 Å². The summed E-state index contributed by atoms with van der Waals surface area (Å²) in [6, 6.07) is 10.8. The molecule has 0 amide bonds. The minimum absolute atomic E-state index is 0.359. The van der Waals surface area contributed by atoms with Crippen molar-refractivity contribution >= 4 is 0 Å². The van der Waals surface area contributed by atoms with E-state index < -0.39 is 0 Å². The number of ether oxygens (including phenoxy) is 1. The largest absolute Gasteiger partial charge is 0.381 e.